The van der Waals surface area contributed by atoms with Gasteiger partial charge in [-0.25, -0.2) is 0 Å². The summed E-state index contributed by atoms with van der Waals surface area (Å²) in [6.45, 7) is 26.4. The fraction of sp³-hybridized carbons (Fsp3) is 1.00. The SMILES string of the molecule is CC(C)(C)[N-]C(C)(C)C.CN(C)CC[N-][Si](C)(C)C(C)(C)C.[Co+3]. The molecule has 0 fully saturated rings. The van der Waals surface area contributed by atoms with E-state index in [1.807, 2.05) is 0 Å². The Morgan fingerprint density at radius 3 is 1.30 bits per heavy atom. The topological polar surface area (TPSA) is 31.4 Å². The molecule has 0 amide bonds. The maximum atomic E-state index is 4.86. The van der Waals surface area contributed by atoms with Gasteiger partial charge < -0.3 is 15.2 Å². The largest absolute Gasteiger partial charge is 3.00 e. The van der Waals surface area contributed by atoms with Crippen LogP contribution in [-0.2, 0) is 16.8 Å². The van der Waals surface area contributed by atoms with Crippen molar-refractivity contribution >= 4 is 8.24 Å². The minimum Gasteiger partial charge on any atom is -0.663 e. The summed E-state index contributed by atoms with van der Waals surface area (Å²) in [5, 5.41) is 4.93. The molecule has 0 N–H and O–H groups in total. The molecule has 0 spiro atoms. The molecule has 3 nitrogen and oxygen atoms in total. The van der Waals surface area contributed by atoms with E-state index in [1.165, 1.54) is 0 Å². The van der Waals surface area contributed by atoms with E-state index < -0.39 is 8.24 Å². The molecule has 5 heteroatoms. The van der Waals surface area contributed by atoms with E-state index >= 15 is 0 Å². The molecule has 0 aliphatic rings. The quantitative estimate of drug-likeness (QED) is 0.553. The predicted molar refractivity (Wildman–Crippen MR) is 107 cm³/mol. The summed E-state index contributed by atoms with van der Waals surface area (Å²) < 4.78 is 0. The molecule has 0 radical (unpaired) electrons. The Bertz CT molecular complexity index is 285. The molecular weight excluding hydrogens is 345 g/mol. The molecule has 0 unspecified atom stereocenters. The average molecular weight is 389 g/mol. The Kier molecular flexibility index (Phi) is 13.0. The molecule has 0 aliphatic carbocycles. The number of rotatable bonds is 4. The van der Waals surface area contributed by atoms with Gasteiger partial charge in [-0.1, -0.05) is 88.7 Å². The summed E-state index contributed by atoms with van der Waals surface area (Å²) in [4.78, 5) is 7.06. The van der Waals surface area contributed by atoms with Gasteiger partial charge >= 0.3 is 16.8 Å². The molecule has 0 aromatic heterocycles. The van der Waals surface area contributed by atoms with Gasteiger partial charge in [0.1, 0.15) is 0 Å². The first kappa shape index (κ1) is 28.4. The van der Waals surface area contributed by atoms with Crippen molar-refractivity contribution in [2.45, 2.75) is 91.5 Å². The first-order valence-electron chi connectivity index (χ1n) is 8.45. The Labute approximate surface area is 159 Å². The van der Waals surface area contributed by atoms with Crippen molar-refractivity contribution in [1.82, 2.24) is 4.90 Å². The van der Waals surface area contributed by atoms with Crippen LogP contribution in [0.4, 0.5) is 0 Å². The van der Waals surface area contributed by atoms with E-state index in [-0.39, 0.29) is 27.9 Å². The summed E-state index contributed by atoms with van der Waals surface area (Å²) in [6.07, 6.45) is 0. The van der Waals surface area contributed by atoms with Crippen molar-refractivity contribution < 1.29 is 16.8 Å². The third-order valence-corrected chi connectivity index (χ3v) is 8.25. The fourth-order valence-corrected chi connectivity index (χ4v) is 2.91. The molecule has 0 atom stereocenters. The van der Waals surface area contributed by atoms with Crippen LogP contribution in [0.2, 0.25) is 18.1 Å². The molecule has 0 aromatic rings. The molecule has 23 heavy (non-hydrogen) atoms. The average Bonchev–Trinajstić information content (AvgIpc) is 2.08. The maximum absolute atomic E-state index is 4.86. The van der Waals surface area contributed by atoms with Crippen molar-refractivity contribution in [3.8, 4) is 0 Å². The zero-order chi connectivity index (χ0) is 18.4. The normalized spacial score (nSPS) is 13.3. The van der Waals surface area contributed by atoms with E-state index in [1.54, 1.807) is 0 Å². The van der Waals surface area contributed by atoms with E-state index in [0.29, 0.717) is 5.04 Å². The van der Waals surface area contributed by atoms with Crippen LogP contribution in [0.15, 0.2) is 0 Å². The van der Waals surface area contributed by atoms with E-state index in [9.17, 15) is 0 Å². The summed E-state index contributed by atoms with van der Waals surface area (Å²) >= 11 is 0. The van der Waals surface area contributed by atoms with Gasteiger partial charge in [-0.2, -0.15) is 0 Å². The first-order valence-corrected chi connectivity index (χ1v) is 11.4. The number of likely N-dealkylation sites (N-methyl/N-ethyl adjacent to an activating group) is 1. The zero-order valence-electron chi connectivity index (χ0n) is 18.1. The van der Waals surface area contributed by atoms with Crippen molar-refractivity contribution in [2.24, 2.45) is 0 Å². The minimum absolute atomic E-state index is 0. The molecule has 0 saturated heterocycles. The second-order valence-electron chi connectivity index (χ2n) is 9.95. The summed E-state index contributed by atoms with van der Waals surface area (Å²) in [6, 6.07) is 0. The summed E-state index contributed by atoms with van der Waals surface area (Å²) in [5.41, 5.74) is 0.219. The van der Waals surface area contributed by atoms with Crippen molar-refractivity contribution in [3.63, 3.8) is 0 Å². The molecule has 0 rings (SSSR count). The smallest absolute Gasteiger partial charge is 0.663 e. The number of hydrogen-bond acceptors (Lipinski definition) is 1. The van der Waals surface area contributed by atoms with Gasteiger partial charge in [-0.05, 0) is 20.6 Å². The number of hydrogen-bond donors (Lipinski definition) is 0. The molecule has 0 saturated carbocycles. The molecule has 0 heterocycles. The van der Waals surface area contributed by atoms with Gasteiger partial charge in [-0.3, -0.25) is 0 Å². The van der Waals surface area contributed by atoms with Crippen LogP contribution in [0.5, 0.6) is 0 Å². The van der Waals surface area contributed by atoms with Gasteiger partial charge in [0.15, 0.2) is 0 Å². The molecule has 142 valence electrons. The van der Waals surface area contributed by atoms with E-state index in [0.717, 1.165) is 13.1 Å². The molecular formula is C18H43CoN3Si+. The number of nitrogens with zero attached hydrogens (tertiary/aromatic N) is 3. The van der Waals surface area contributed by atoms with Crippen LogP contribution in [0.1, 0.15) is 62.3 Å². The van der Waals surface area contributed by atoms with Crippen molar-refractivity contribution in [2.75, 3.05) is 27.2 Å². The van der Waals surface area contributed by atoms with Crippen LogP contribution in [0, 0.1) is 0 Å². The third kappa shape index (κ3) is 18.8. The third-order valence-electron chi connectivity index (χ3n) is 3.56. The Hall–Kier alpha value is 0.603. The Morgan fingerprint density at radius 2 is 1.13 bits per heavy atom. The second kappa shape index (κ2) is 10.6. The van der Waals surface area contributed by atoms with Gasteiger partial charge in [0.2, 0.25) is 0 Å². The van der Waals surface area contributed by atoms with Crippen LogP contribution >= 0.6 is 0 Å². The standard InChI is InChI=1S/C10H25N2Si.C8H18N.Co/c1-10(2,3)13(6,7)11-8-9-12(4)5;1-7(2,3)9-8(4,5)6;/h8-9H2,1-7H3;1-6H3;/q2*-1;+3. The van der Waals surface area contributed by atoms with E-state index in [2.05, 4.69) is 99.7 Å². The maximum Gasteiger partial charge on any atom is 3.00 e. The minimum atomic E-state index is -1.37. The fourth-order valence-electron chi connectivity index (χ4n) is 1.77. The van der Waals surface area contributed by atoms with Crippen molar-refractivity contribution in [1.29, 1.82) is 0 Å². The van der Waals surface area contributed by atoms with E-state index in [4.69, 9.17) is 4.98 Å². The molecule has 0 bridgehead atoms. The first-order chi connectivity index (χ1) is 9.37. The Balaban J connectivity index is -0.000000354. The van der Waals surface area contributed by atoms with Crippen LogP contribution in [0.25, 0.3) is 10.3 Å². The molecule has 0 aliphatic heterocycles. The van der Waals surface area contributed by atoms with Crippen LogP contribution in [0.3, 0.4) is 0 Å². The second-order valence-corrected chi connectivity index (χ2v) is 14.9. The van der Waals surface area contributed by atoms with Crippen molar-refractivity contribution in [3.05, 3.63) is 10.3 Å². The zero-order valence-corrected chi connectivity index (χ0v) is 20.1. The van der Waals surface area contributed by atoms with Gasteiger partial charge in [0.25, 0.3) is 0 Å². The van der Waals surface area contributed by atoms with Gasteiger partial charge in [-0.15, -0.1) is 17.6 Å². The predicted octanol–water partition coefficient (Wildman–Crippen LogP) is 5.88. The van der Waals surface area contributed by atoms with Crippen LogP contribution in [-0.4, -0.2) is 51.4 Å². The Morgan fingerprint density at radius 1 is 0.783 bits per heavy atom. The summed E-state index contributed by atoms with van der Waals surface area (Å²) in [5.74, 6) is 0. The van der Waals surface area contributed by atoms with Gasteiger partial charge in [0, 0.05) is 0 Å². The summed E-state index contributed by atoms with van der Waals surface area (Å²) in [7, 11) is 2.82. The van der Waals surface area contributed by atoms with Crippen LogP contribution < -0.4 is 0 Å². The van der Waals surface area contributed by atoms with Gasteiger partial charge in [0.05, 0.1) is 0 Å². The monoisotopic (exact) mass is 388 g/mol. The molecule has 0 aromatic carbocycles.